The molecule has 2 nitrogen and oxygen atoms in total. The molecule has 1 saturated heterocycles. The van der Waals surface area contributed by atoms with E-state index in [4.69, 9.17) is 5.11 Å². The SMILES string of the molecule is O[C@@H]1CNC[C@H]1CCC(F)(F)F. The van der Waals surface area contributed by atoms with E-state index < -0.39 is 18.7 Å². The molecule has 12 heavy (non-hydrogen) atoms. The van der Waals surface area contributed by atoms with Gasteiger partial charge in [0.1, 0.15) is 0 Å². The molecule has 0 bridgehead atoms. The standard InChI is InChI=1S/C7H12F3NO/c8-7(9,10)2-1-5-3-11-4-6(5)12/h5-6,11-12H,1-4H2/t5-,6-/m1/s1. The first kappa shape index (κ1) is 9.80. The van der Waals surface area contributed by atoms with E-state index in [0.29, 0.717) is 13.1 Å². The molecular weight excluding hydrogens is 171 g/mol. The maximum Gasteiger partial charge on any atom is 0.389 e. The van der Waals surface area contributed by atoms with E-state index in [9.17, 15) is 13.2 Å². The van der Waals surface area contributed by atoms with Gasteiger partial charge < -0.3 is 10.4 Å². The fraction of sp³-hybridized carbons (Fsp3) is 1.00. The molecule has 1 rings (SSSR count). The van der Waals surface area contributed by atoms with Gasteiger partial charge in [-0.2, -0.15) is 13.2 Å². The molecule has 0 radical (unpaired) electrons. The number of rotatable bonds is 2. The Bertz CT molecular complexity index is 148. The summed E-state index contributed by atoms with van der Waals surface area (Å²) >= 11 is 0. The van der Waals surface area contributed by atoms with Crippen molar-refractivity contribution in [2.24, 2.45) is 5.92 Å². The molecule has 0 spiro atoms. The number of nitrogens with one attached hydrogen (secondary N) is 1. The van der Waals surface area contributed by atoms with Crippen molar-refractivity contribution < 1.29 is 18.3 Å². The molecule has 2 N–H and O–H groups in total. The normalized spacial score (nSPS) is 31.0. The van der Waals surface area contributed by atoms with Crippen LogP contribution in [0.3, 0.4) is 0 Å². The van der Waals surface area contributed by atoms with Crippen molar-refractivity contribution in [3.63, 3.8) is 0 Å². The average Bonchev–Trinajstić information content (AvgIpc) is 2.29. The topological polar surface area (TPSA) is 32.3 Å². The molecule has 1 aliphatic heterocycles. The molecule has 2 atom stereocenters. The number of hydrogen-bond donors (Lipinski definition) is 2. The summed E-state index contributed by atoms with van der Waals surface area (Å²) in [5.41, 5.74) is 0. The van der Waals surface area contributed by atoms with E-state index in [2.05, 4.69) is 5.32 Å². The Morgan fingerprint density at radius 2 is 2.00 bits per heavy atom. The van der Waals surface area contributed by atoms with Gasteiger partial charge in [-0.25, -0.2) is 0 Å². The van der Waals surface area contributed by atoms with Crippen LogP contribution in [0.1, 0.15) is 12.8 Å². The Morgan fingerprint density at radius 1 is 1.33 bits per heavy atom. The molecule has 0 aromatic rings. The summed E-state index contributed by atoms with van der Waals surface area (Å²) in [5, 5.41) is 12.0. The smallest absolute Gasteiger partial charge is 0.389 e. The summed E-state index contributed by atoms with van der Waals surface area (Å²) in [5.74, 6) is -0.230. The van der Waals surface area contributed by atoms with E-state index in [-0.39, 0.29) is 12.3 Å². The zero-order chi connectivity index (χ0) is 9.19. The molecule has 1 aliphatic rings. The Kier molecular flexibility index (Phi) is 2.95. The molecule has 5 heteroatoms. The van der Waals surface area contributed by atoms with Crippen molar-refractivity contribution in [2.75, 3.05) is 13.1 Å². The first-order valence-electron chi connectivity index (χ1n) is 3.94. The van der Waals surface area contributed by atoms with E-state index in [1.54, 1.807) is 0 Å². The average molecular weight is 183 g/mol. The van der Waals surface area contributed by atoms with E-state index in [1.807, 2.05) is 0 Å². The van der Waals surface area contributed by atoms with E-state index >= 15 is 0 Å². The van der Waals surface area contributed by atoms with Crippen LogP contribution in [0.4, 0.5) is 13.2 Å². The first-order valence-corrected chi connectivity index (χ1v) is 3.94. The summed E-state index contributed by atoms with van der Waals surface area (Å²) in [6.07, 6.45) is -5.47. The van der Waals surface area contributed by atoms with E-state index in [0.717, 1.165) is 0 Å². The minimum Gasteiger partial charge on any atom is -0.391 e. The minimum absolute atomic E-state index is 0.0255. The molecule has 0 saturated carbocycles. The van der Waals surface area contributed by atoms with Crippen LogP contribution in [0.5, 0.6) is 0 Å². The zero-order valence-corrected chi connectivity index (χ0v) is 6.56. The van der Waals surface area contributed by atoms with Crippen LogP contribution in [0.15, 0.2) is 0 Å². The predicted octanol–water partition coefficient (Wildman–Crippen LogP) is 0.909. The number of aliphatic hydroxyl groups is 1. The van der Waals surface area contributed by atoms with Crippen LogP contribution < -0.4 is 5.32 Å². The van der Waals surface area contributed by atoms with Crippen LogP contribution in [0.25, 0.3) is 0 Å². The molecule has 1 fully saturated rings. The molecule has 1 heterocycles. The number of β-amino-alcohol motifs (C(OH)–C–C–N with tert-alkyl or cyclic N) is 1. The number of halogens is 3. The van der Waals surface area contributed by atoms with Crippen molar-refractivity contribution in [2.45, 2.75) is 25.1 Å². The van der Waals surface area contributed by atoms with Crippen molar-refractivity contribution in [3.8, 4) is 0 Å². The first-order chi connectivity index (χ1) is 5.49. The summed E-state index contributed by atoms with van der Waals surface area (Å²) in [4.78, 5) is 0. The molecule has 0 aromatic carbocycles. The monoisotopic (exact) mass is 183 g/mol. The van der Waals surface area contributed by atoms with Gasteiger partial charge in [0.2, 0.25) is 0 Å². The Labute approximate surface area is 68.8 Å². The van der Waals surface area contributed by atoms with E-state index in [1.165, 1.54) is 0 Å². The van der Waals surface area contributed by atoms with Gasteiger partial charge in [0, 0.05) is 19.5 Å². The third kappa shape index (κ3) is 2.98. The maximum absolute atomic E-state index is 11.7. The lowest BCUT2D eigenvalue weighted by molar-refractivity contribution is -0.138. The second-order valence-electron chi connectivity index (χ2n) is 3.14. The molecular formula is C7H12F3NO. The summed E-state index contributed by atoms with van der Waals surface area (Å²) in [6.45, 7) is 0.916. The fourth-order valence-corrected chi connectivity index (χ4v) is 1.36. The van der Waals surface area contributed by atoms with Gasteiger partial charge in [-0.05, 0) is 12.3 Å². The fourth-order valence-electron chi connectivity index (χ4n) is 1.36. The third-order valence-corrected chi connectivity index (χ3v) is 2.10. The zero-order valence-electron chi connectivity index (χ0n) is 6.56. The van der Waals surface area contributed by atoms with Gasteiger partial charge in [0.15, 0.2) is 0 Å². The lowest BCUT2D eigenvalue weighted by atomic mass is 10.0. The van der Waals surface area contributed by atoms with Crippen molar-refractivity contribution in [1.82, 2.24) is 5.32 Å². The van der Waals surface area contributed by atoms with Crippen LogP contribution in [0.2, 0.25) is 0 Å². The van der Waals surface area contributed by atoms with Gasteiger partial charge in [-0.3, -0.25) is 0 Å². The second-order valence-corrected chi connectivity index (χ2v) is 3.14. The Balaban J connectivity index is 2.23. The van der Waals surface area contributed by atoms with Crippen LogP contribution in [0, 0.1) is 5.92 Å². The summed E-state index contributed by atoms with van der Waals surface area (Å²) < 4.78 is 35.2. The second kappa shape index (κ2) is 3.62. The lowest BCUT2D eigenvalue weighted by Crippen LogP contribution is -2.20. The van der Waals surface area contributed by atoms with Crippen molar-refractivity contribution in [1.29, 1.82) is 0 Å². The highest BCUT2D eigenvalue weighted by molar-refractivity contribution is 4.80. The van der Waals surface area contributed by atoms with Crippen LogP contribution in [-0.4, -0.2) is 30.5 Å². The van der Waals surface area contributed by atoms with Gasteiger partial charge >= 0.3 is 6.18 Å². The molecule has 0 amide bonds. The molecule has 72 valence electrons. The van der Waals surface area contributed by atoms with Crippen molar-refractivity contribution >= 4 is 0 Å². The quantitative estimate of drug-likeness (QED) is 0.667. The minimum atomic E-state index is -4.09. The highest BCUT2D eigenvalue weighted by atomic mass is 19.4. The van der Waals surface area contributed by atoms with Crippen molar-refractivity contribution in [3.05, 3.63) is 0 Å². The highest BCUT2D eigenvalue weighted by Crippen LogP contribution is 2.26. The van der Waals surface area contributed by atoms with Crippen LogP contribution in [-0.2, 0) is 0 Å². The summed E-state index contributed by atoms with van der Waals surface area (Å²) in [6, 6.07) is 0. The van der Waals surface area contributed by atoms with Gasteiger partial charge in [-0.15, -0.1) is 0 Å². The summed E-state index contributed by atoms with van der Waals surface area (Å²) in [7, 11) is 0. The number of hydrogen-bond acceptors (Lipinski definition) is 2. The predicted molar refractivity (Wildman–Crippen MR) is 37.7 cm³/mol. The number of alkyl halides is 3. The Hall–Kier alpha value is -0.290. The Morgan fingerprint density at radius 3 is 2.42 bits per heavy atom. The maximum atomic E-state index is 11.7. The molecule has 0 aliphatic carbocycles. The van der Waals surface area contributed by atoms with Gasteiger partial charge in [-0.1, -0.05) is 0 Å². The highest BCUT2D eigenvalue weighted by Gasteiger charge is 2.32. The molecule has 0 aromatic heterocycles. The third-order valence-electron chi connectivity index (χ3n) is 2.10. The molecule has 0 unspecified atom stereocenters. The van der Waals surface area contributed by atoms with Crippen LogP contribution >= 0.6 is 0 Å². The lowest BCUT2D eigenvalue weighted by Gasteiger charge is -2.13. The van der Waals surface area contributed by atoms with Gasteiger partial charge in [0.05, 0.1) is 6.10 Å². The largest absolute Gasteiger partial charge is 0.391 e. The van der Waals surface area contributed by atoms with Gasteiger partial charge in [0.25, 0.3) is 0 Å². The number of aliphatic hydroxyl groups excluding tert-OH is 1.